The molecule has 0 saturated carbocycles. The smallest absolute Gasteiger partial charge is 0.258 e. The van der Waals surface area contributed by atoms with Crippen LogP contribution in [0, 0.1) is 6.92 Å². The Bertz CT molecular complexity index is 827. The Balaban J connectivity index is 1.91. The van der Waals surface area contributed by atoms with Gasteiger partial charge in [-0.15, -0.1) is 0 Å². The average molecular weight is 324 g/mol. The maximum atomic E-state index is 5.67. The molecule has 0 aliphatic carbocycles. The fourth-order valence-corrected chi connectivity index (χ4v) is 2.40. The number of hydrogen-bond donors (Lipinski definition) is 0. The molecular formula is C19H20N2O3. The fraction of sp³-hybridized carbons (Fsp3) is 0.263. The molecule has 0 saturated heterocycles. The van der Waals surface area contributed by atoms with Gasteiger partial charge in [0.1, 0.15) is 0 Å². The van der Waals surface area contributed by atoms with E-state index in [1.54, 1.807) is 7.11 Å². The van der Waals surface area contributed by atoms with Crippen molar-refractivity contribution in [3.8, 4) is 34.3 Å². The van der Waals surface area contributed by atoms with E-state index in [0.29, 0.717) is 29.8 Å². The number of ether oxygens (including phenoxy) is 2. The Labute approximate surface area is 141 Å². The molecule has 5 nitrogen and oxygen atoms in total. The topological polar surface area (TPSA) is 57.4 Å². The molecule has 3 rings (SSSR count). The van der Waals surface area contributed by atoms with Crippen LogP contribution in [0.5, 0.6) is 11.5 Å². The van der Waals surface area contributed by atoms with E-state index in [9.17, 15) is 0 Å². The second kappa shape index (κ2) is 7.17. The molecule has 24 heavy (non-hydrogen) atoms. The van der Waals surface area contributed by atoms with E-state index < -0.39 is 0 Å². The van der Waals surface area contributed by atoms with Crippen molar-refractivity contribution in [2.75, 3.05) is 13.7 Å². The summed E-state index contributed by atoms with van der Waals surface area (Å²) >= 11 is 0. The maximum Gasteiger partial charge on any atom is 0.258 e. The number of nitrogens with zero attached hydrogens (tertiary/aromatic N) is 2. The van der Waals surface area contributed by atoms with Gasteiger partial charge in [0.25, 0.3) is 5.89 Å². The highest BCUT2D eigenvalue weighted by Gasteiger charge is 2.14. The zero-order valence-electron chi connectivity index (χ0n) is 14.1. The lowest BCUT2D eigenvalue weighted by molar-refractivity contribution is 0.294. The van der Waals surface area contributed by atoms with Crippen LogP contribution in [0.2, 0.25) is 0 Å². The maximum absolute atomic E-state index is 5.67. The summed E-state index contributed by atoms with van der Waals surface area (Å²) in [5.74, 6) is 2.40. The van der Waals surface area contributed by atoms with E-state index in [2.05, 4.69) is 17.1 Å². The minimum absolute atomic E-state index is 0.508. The van der Waals surface area contributed by atoms with Crippen LogP contribution in [-0.4, -0.2) is 23.9 Å². The van der Waals surface area contributed by atoms with Gasteiger partial charge in [-0.3, -0.25) is 0 Å². The average Bonchev–Trinajstić information content (AvgIpc) is 3.10. The molecule has 0 aliphatic rings. The van der Waals surface area contributed by atoms with Gasteiger partial charge in [-0.1, -0.05) is 30.3 Å². The largest absolute Gasteiger partial charge is 0.493 e. The normalized spacial score (nSPS) is 10.6. The van der Waals surface area contributed by atoms with E-state index in [-0.39, 0.29) is 0 Å². The molecule has 0 spiro atoms. The van der Waals surface area contributed by atoms with Crippen LogP contribution in [0.25, 0.3) is 22.8 Å². The molecule has 0 aliphatic heterocycles. The molecule has 1 aromatic heterocycles. The van der Waals surface area contributed by atoms with Crippen LogP contribution >= 0.6 is 0 Å². The third-order valence-electron chi connectivity index (χ3n) is 3.69. The first-order valence-electron chi connectivity index (χ1n) is 7.94. The molecule has 3 aromatic rings. The Morgan fingerprint density at radius 1 is 1.08 bits per heavy atom. The van der Waals surface area contributed by atoms with E-state index in [4.69, 9.17) is 14.0 Å². The summed E-state index contributed by atoms with van der Waals surface area (Å²) in [5.41, 5.74) is 2.85. The molecule has 5 heteroatoms. The van der Waals surface area contributed by atoms with Gasteiger partial charge in [0.15, 0.2) is 11.5 Å². The Morgan fingerprint density at radius 2 is 1.92 bits per heavy atom. The molecule has 0 N–H and O–H groups in total. The number of aromatic nitrogens is 2. The SMILES string of the molecule is CCCOc1ccc(-c2noc(-c3ccccc3C)n2)cc1OC. The third kappa shape index (κ3) is 3.25. The van der Waals surface area contributed by atoms with E-state index in [1.165, 1.54) is 0 Å². The lowest BCUT2D eigenvalue weighted by Crippen LogP contribution is -1.98. The van der Waals surface area contributed by atoms with Crippen molar-refractivity contribution >= 4 is 0 Å². The second-order valence-corrected chi connectivity index (χ2v) is 5.45. The standard InChI is InChI=1S/C19H20N2O3/c1-4-11-23-16-10-9-14(12-17(16)22-3)18-20-19(24-21-18)15-8-6-5-7-13(15)2/h5-10,12H,4,11H2,1-3H3. The summed E-state index contributed by atoms with van der Waals surface area (Å²) in [6.45, 7) is 4.73. The van der Waals surface area contributed by atoms with Gasteiger partial charge in [-0.25, -0.2) is 0 Å². The van der Waals surface area contributed by atoms with Gasteiger partial charge in [-0.2, -0.15) is 4.98 Å². The molecule has 0 amide bonds. The van der Waals surface area contributed by atoms with Gasteiger partial charge < -0.3 is 14.0 Å². The lowest BCUT2D eigenvalue weighted by atomic mass is 10.1. The summed E-state index contributed by atoms with van der Waals surface area (Å²) in [5, 5.41) is 4.09. The third-order valence-corrected chi connectivity index (χ3v) is 3.69. The molecule has 0 bridgehead atoms. The van der Waals surface area contributed by atoms with Crippen molar-refractivity contribution in [3.63, 3.8) is 0 Å². The van der Waals surface area contributed by atoms with E-state index in [1.807, 2.05) is 49.4 Å². The Hall–Kier alpha value is -2.82. The zero-order chi connectivity index (χ0) is 16.9. The summed E-state index contributed by atoms with van der Waals surface area (Å²) in [4.78, 5) is 4.50. The van der Waals surface area contributed by atoms with Crippen molar-refractivity contribution in [1.29, 1.82) is 0 Å². The van der Waals surface area contributed by atoms with Crippen molar-refractivity contribution < 1.29 is 14.0 Å². The summed E-state index contributed by atoms with van der Waals surface area (Å²) in [7, 11) is 1.62. The fourth-order valence-electron chi connectivity index (χ4n) is 2.40. The first-order chi connectivity index (χ1) is 11.7. The van der Waals surface area contributed by atoms with Crippen LogP contribution in [0.1, 0.15) is 18.9 Å². The summed E-state index contributed by atoms with van der Waals surface area (Å²) < 4.78 is 16.5. The number of aryl methyl sites for hydroxylation is 1. The highest BCUT2D eigenvalue weighted by atomic mass is 16.5. The van der Waals surface area contributed by atoms with Gasteiger partial charge in [-0.05, 0) is 43.2 Å². The predicted octanol–water partition coefficient (Wildman–Crippen LogP) is 4.51. The minimum atomic E-state index is 0.508. The first-order valence-corrected chi connectivity index (χ1v) is 7.94. The van der Waals surface area contributed by atoms with E-state index >= 15 is 0 Å². The van der Waals surface area contributed by atoms with Crippen molar-refractivity contribution in [3.05, 3.63) is 48.0 Å². The van der Waals surface area contributed by atoms with Crippen LogP contribution in [-0.2, 0) is 0 Å². The highest BCUT2D eigenvalue weighted by molar-refractivity contribution is 5.64. The van der Waals surface area contributed by atoms with Gasteiger partial charge >= 0.3 is 0 Å². The number of benzene rings is 2. The number of methoxy groups -OCH3 is 1. The Kier molecular flexibility index (Phi) is 4.79. The summed E-state index contributed by atoms with van der Waals surface area (Å²) in [6.07, 6.45) is 0.940. The van der Waals surface area contributed by atoms with Gasteiger partial charge in [0.2, 0.25) is 5.82 Å². The number of hydrogen-bond acceptors (Lipinski definition) is 5. The van der Waals surface area contributed by atoms with Crippen molar-refractivity contribution in [1.82, 2.24) is 10.1 Å². The summed E-state index contributed by atoms with van der Waals surface area (Å²) in [6, 6.07) is 13.5. The van der Waals surface area contributed by atoms with Crippen LogP contribution < -0.4 is 9.47 Å². The molecule has 2 aromatic carbocycles. The minimum Gasteiger partial charge on any atom is -0.493 e. The highest BCUT2D eigenvalue weighted by Crippen LogP contribution is 2.32. The van der Waals surface area contributed by atoms with Crippen molar-refractivity contribution in [2.24, 2.45) is 0 Å². The van der Waals surface area contributed by atoms with Crippen molar-refractivity contribution in [2.45, 2.75) is 20.3 Å². The lowest BCUT2D eigenvalue weighted by Gasteiger charge is -2.10. The van der Waals surface area contributed by atoms with Gasteiger partial charge in [0, 0.05) is 11.1 Å². The predicted molar refractivity (Wildman–Crippen MR) is 92.2 cm³/mol. The van der Waals surface area contributed by atoms with E-state index in [0.717, 1.165) is 23.1 Å². The molecule has 0 unspecified atom stereocenters. The zero-order valence-corrected chi connectivity index (χ0v) is 14.1. The van der Waals surface area contributed by atoms with Gasteiger partial charge in [0.05, 0.1) is 13.7 Å². The second-order valence-electron chi connectivity index (χ2n) is 5.45. The quantitative estimate of drug-likeness (QED) is 0.667. The Morgan fingerprint density at radius 3 is 2.67 bits per heavy atom. The molecule has 0 radical (unpaired) electrons. The molecular weight excluding hydrogens is 304 g/mol. The molecule has 1 heterocycles. The first kappa shape index (κ1) is 16.1. The molecule has 0 fully saturated rings. The monoisotopic (exact) mass is 324 g/mol. The van der Waals surface area contributed by atoms with Crippen LogP contribution in [0.3, 0.4) is 0 Å². The van der Waals surface area contributed by atoms with Crippen LogP contribution in [0.4, 0.5) is 0 Å². The van der Waals surface area contributed by atoms with Crippen LogP contribution in [0.15, 0.2) is 47.0 Å². The molecule has 0 atom stereocenters. The number of rotatable bonds is 6. The molecule has 124 valence electrons.